The third kappa shape index (κ3) is 12.5. The zero-order valence-electron chi connectivity index (χ0n) is 28.8. The van der Waals surface area contributed by atoms with Crippen LogP contribution in [0.4, 0.5) is 0 Å². The molecule has 2 aliphatic heterocycles. The lowest BCUT2D eigenvalue weighted by Crippen LogP contribution is -2.41. The summed E-state index contributed by atoms with van der Waals surface area (Å²) in [6.45, 7) is 12.2. The standard InChI is InChI=1S/C36H66BN3O3/c1-6-7-8-9-10-11-12-13-14-15-16-17-18-19-20-21-22-23-24-25-34(41)39-28-26-33(27-29-39)40-31-32(30-38-40)37-42-35(2,3)36(4,5)43-37/h30-31,33H,6-29H2,1-5H3. The van der Waals surface area contributed by atoms with E-state index in [0.29, 0.717) is 18.4 Å². The predicted octanol–water partition coefficient (Wildman–Crippen LogP) is 9.17. The molecule has 2 aliphatic rings. The highest BCUT2D eigenvalue weighted by Crippen LogP contribution is 2.36. The van der Waals surface area contributed by atoms with Crippen LogP contribution >= 0.6 is 0 Å². The Morgan fingerprint density at radius 1 is 0.744 bits per heavy atom. The van der Waals surface area contributed by atoms with E-state index in [1.165, 1.54) is 116 Å². The second-order valence-electron chi connectivity index (χ2n) is 14.6. The molecule has 3 heterocycles. The Labute approximate surface area is 265 Å². The number of rotatable bonds is 22. The summed E-state index contributed by atoms with van der Waals surface area (Å²) in [5.74, 6) is 0.337. The van der Waals surface area contributed by atoms with Crippen LogP contribution in [0.3, 0.4) is 0 Å². The second-order valence-corrected chi connectivity index (χ2v) is 14.6. The Kier molecular flexibility index (Phi) is 16.2. The minimum absolute atomic E-state index is 0.329. The summed E-state index contributed by atoms with van der Waals surface area (Å²) in [7, 11) is -0.375. The van der Waals surface area contributed by atoms with Crippen LogP contribution in [0.15, 0.2) is 12.4 Å². The molecule has 1 aromatic rings. The molecule has 0 atom stereocenters. The number of carbonyl (C=O) groups is 1. The van der Waals surface area contributed by atoms with Crippen LogP contribution in [-0.2, 0) is 14.1 Å². The molecule has 0 spiro atoms. The van der Waals surface area contributed by atoms with Gasteiger partial charge in [-0.1, -0.05) is 122 Å². The number of hydrogen-bond donors (Lipinski definition) is 0. The quantitative estimate of drug-likeness (QED) is 0.0985. The Bertz CT molecular complexity index is 878. The van der Waals surface area contributed by atoms with Gasteiger partial charge in [-0.25, -0.2) is 0 Å². The lowest BCUT2D eigenvalue weighted by Gasteiger charge is -2.32. The molecule has 2 saturated heterocycles. The summed E-state index contributed by atoms with van der Waals surface area (Å²) >= 11 is 0. The maximum atomic E-state index is 12.8. The van der Waals surface area contributed by atoms with Gasteiger partial charge in [-0.05, 0) is 47.0 Å². The fraction of sp³-hybridized carbons (Fsp3) is 0.889. The minimum Gasteiger partial charge on any atom is -0.399 e. The fourth-order valence-electron chi connectivity index (χ4n) is 6.55. The molecular weight excluding hydrogens is 533 g/mol. The Hall–Kier alpha value is -1.34. The van der Waals surface area contributed by atoms with Gasteiger partial charge in [-0.3, -0.25) is 9.48 Å². The van der Waals surface area contributed by atoms with Gasteiger partial charge in [0.2, 0.25) is 5.91 Å². The van der Waals surface area contributed by atoms with Crippen LogP contribution in [0.1, 0.15) is 182 Å². The van der Waals surface area contributed by atoms with E-state index >= 15 is 0 Å². The van der Waals surface area contributed by atoms with Crippen molar-refractivity contribution in [2.24, 2.45) is 0 Å². The van der Waals surface area contributed by atoms with E-state index in [2.05, 4.69) is 55.5 Å². The minimum atomic E-state index is -0.375. The summed E-state index contributed by atoms with van der Waals surface area (Å²) in [6, 6.07) is 0.329. The van der Waals surface area contributed by atoms with Gasteiger partial charge in [0, 0.05) is 37.4 Å². The number of amides is 1. The Morgan fingerprint density at radius 2 is 1.16 bits per heavy atom. The van der Waals surface area contributed by atoms with Gasteiger partial charge in [-0.15, -0.1) is 0 Å². The topological polar surface area (TPSA) is 56.6 Å². The van der Waals surface area contributed by atoms with Gasteiger partial charge in [0.05, 0.1) is 17.2 Å². The zero-order chi connectivity index (χ0) is 31.0. The van der Waals surface area contributed by atoms with Gasteiger partial charge < -0.3 is 14.2 Å². The molecule has 0 N–H and O–H groups in total. The number of nitrogens with zero attached hydrogens (tertiary/aromatic N) is 3. The first-order valence-electron chi connectivity index (χ1n) is 18.4. The first-order valence-corrected chi connectivity index (χ1v) is 18.4. The molecule has 7 heteroatoms. The lowest BCUT2D eigenvalue weighted by molar-refractivity contribution is -0.132. The van der Waals surface area contributed by atoms with Crippen molar-refractivity contribution in [3.63, 3.8) is 0 Å². The average Bonchev–Trinajstić information content (AvgIpc) is 3.56. The molecule has 246 valence electrons. The highest BCUT2D eigenvalue weighted by atomic mass is 16.7. The van der Waals surface area contributed by atoms with Crippen molar-refractivity contribution in [1.82, 2.24) is 14.7 Å². The highest BCUT2D eigenvalue weighted by molar-refractivity contribution is 6.62. The molecular formula is C36H66BN3O3. The molecule has 2 fully saturated rings. The summed E-state index contributed by atoms with van der Waals surface area (Å²) in [5, 5.41) is 4.63. The van der Waals surface area contributed by atoms with E-state index in [9.17, 15) is 4.79 Å². The van der Waals surface area contributed by atoms with Crippen LogP contribution in [0.2, 0.25) is 0 Å². The molecule has 0 bridgehead atoms. The van der Waals surface area contributed by atoms with Crippen LogP contribution in [0, 0.1) is 0 Å². The number of aromatic nitrogens is 2. The second kappa shape index (κ2) is 19.2. The summed E-state index contributed by atoms with van der Waals surface area (Å²) in [6.07, 6.45) is 32.8. The normalized spacial score (nSPS) is 18.5. The van der Waals surface area contributed by atoms with E-state index in [4.69, 9.17) is 9.31 Å². The Balaban J connectivity index is 1.12. The van der Waals surface area contributed by atoms with Crippen LogP contribution < -0.4 is 5.46 Å². The van der Waals surface area contributed by atoms with Crippen molar-refractivity contribution in [3.8, 4) is 0 Å². The number of unbranched alkanes of at least 4 members (excludes halogenated alkanes) is 18. The van der Waals surface area contributed by atoms with Crippen molar-refractivity contribution in [1.29, 1.82) is 0 Å². The molecule has 6 nitrogen and oxygen atoms in total. The molecule has 1 aromatic heterocycles. The largest absolute Gasteiger partial charge is 0.498 e. The van der Waals surface area contributed by atoms with Crippen molar-refractivity contribution in [2.75, 3.05) is 13.1 Å². The molecule has 0 radical (unpaired) electrons. The van der Waals surface area contributed by atoms with Gasteiger partial charge in [-0.2, -0.15) is 5.10 Å². The smallest absolute Gasteiger partial charge is 0.399 e. The number of piperidine rings is 1. The third-order valence-corrected chi connectivity index (χ3v) is 10.3. The van der Waals surface area contributed by atoms with Crippen molar-refractivity contribution in [3.05, 3.63) is 12.4 Å². The van der Waals surface area contributed by atoms with Crippen LogP contribution in [-0.4, -0.2) is 52.0 Å². The van der Waals surface area contributed by atoms with Gasteiger partial charge in [0.15, 0.2) is 0 Å². The van der Waals surface area contributed by atoms with E-state index in [-0.39, 0.29) is 18.3 Å². The zero-order valence-corrected chi connectivity index (χ0v) is 28.8. The number of likely N-dealkylation sites (tertiary alicyclic amines) is 1. The number of carbonyl (C=O) groups excluding carboxylic acids is 1. The van der Waals surface area contributed by atoms with E-state index in [1.807, 2.05) is 6.20 Å². The summed E-state index contributed by atoms with van der Waals surface area (Å²) in [4.78, 5) is 14.9. The van der Waals surface area contributed by atoms with E-state index in [0.717, 1.165) is 37.8 Å². The van der Waals surface area contributed by atoms with Crippen molar-refractivity contribution < 1.29 is 14.1 Å². The molecule has 3 rings (SSSR count). The predicted molar refractivity (Wildman–Crippen MR) is 181 cm³/mol. The highest BCUT2D eigenvalue weighted by Gasteiger charge is 2.52. The maximum Gasteiger partial charge on any atom is 0.498 e. The van der Waals surface area contributed by atoms with Gasteiger partial charge in [0.25, 0.3) is 0 Å². The monoisotopic (exact) mass is 600 g/mol. The van der Waals surface area contributed by atoms with Gasteiger partial charge in [0.1, 0.15) is 0 Å². The first-order chi connectivity index (χ1) is 20.7. The Morgan fingerprint density at radius 3 is 1.60 bits per heavy atom. The average molecular weight is 600 g/mol. The first kappa shape index (κ1) is 36.1. The fourth-order valence-corrected chi connectivity index (χ4v) is 6.55. The molecule has 0 aliphatic carbocycles. The molecule has 43 heavy (non-hydrogen) atoms. The third-order valence-electron chi connectivity index (χ3n) is 10.3. The SMILES string of the molecule is CCCCCCCCCCCCCCCCCCCCCC(=O)N1CCC(n2cc(B3OC(C)(C)C(C)(C)O3)cn2)CC1. The van der Waals surface area contributed by atoms with Crippen LogP contribution in [0.25, 0.3) is 0 Å². The summed E-state index contributed by atoms with van der Waals surface area (Å²) < 4.78 is 14.4. The lowest BCUT2D eigenvalue weighted by atomic mass is 9.82. The van der Waals surface area contributed by atoms with Crippen molar-refractivity contribution in [2.45, 2.75) is 193 Å². The molecule has 0 unspecified atom stereocenters. The number of hydrogen-bond acceptors (Lipinski definition) is 4. The maximum absolute atomic E-state index is 12.8. The van der Waals surface area contributed by atoms with E-state index in [1.54, 1.807) is 0 Å². The molecule has 0 aromatic carbocycles. The summed E-state index contributed by atoms with van der Waals surface area (Å²) in [5.41, 5.74) is 0.274. The van der Waals surface area contributed by atoms with Gasteiger partial charge >= 0.3 is 7.12 Å². The van der Waals surface area contributed by atoms with Crippen LogP contribution in [0.5, 0.6) is 0 Å². The molecule has 0 saturated carbocycles. The van der Waals surface area contributed by atoms with Crippen molar-refractivity contribution >= 4 is 18.5 Å². The molecule has 1 amide bonds. The van der Waals surface area contributed by atoms with E-state index < -0.39 is 0 Å².